The standard InChI is InChI=1S/C13H23NO6/c1-13(2,3)20-12(17)14-9(11(15)16)8-19-10-6-4-5-7-18-10/h9-10H,4-8H2,1-3H3,(H,14,17)(H,15,16)/t9-,10?/m1/s1. The number of hydrogen-bond acceptors (Lipinski definition) is 5. The third kappa shape index (κ3) is 6.72. The smallest absolute Gasteiger partial charge is 0.408 e. The summed E-state index contributed by atoms with van der Waals surface area (Å²) >= 11 is 0. The van der Waals surface area contributed by atoms with Gasteiger partial charge in [-0.15, -0.1) is 0 Å². The predicted octanol–water partition coefficient (Wildman–Crippen LogP) is 1.51. The molecule has 1 rings (SSSR count). The van der Waals surface area contributed by atoms with Crippen LogP contribution in [-0.2, 0) is 19.0 Å². The molecule has 1 amide bonds. The van der Waals surface area contributed by atoms with Crippen LogP contribution in [0.1, 0.15) is 40.0 Å². The number of hydrogen-bond donors (Lipinski definition) is 2. The van der Waals surface area contributed by atoms with E-state index in [0.717, 1.165) is 19.3 Å². The average molecular weight is 289 g/mol. The first-order chi connectivity index (χ1) is 9.28. The SMILES string of the molecule is CC(C)(C)OC(=O)N[C@H](COC1CCCCO1)C(=O)O. The first-order valence-electron chi connectivity index (χ1n) is 6.73. The number of aliphatic carboxylic acids is 1. The molecule has 0 bridgehead atoms. The van der Waals surface area contributed by atoms with Gasteiger partial charge in [0.2, 0.25) is 0 Å². The van der Waals surface area contributed by atoms with Crippen LogP contribution in [0.2, 0.25) is 0 Å². The number of carboxylic acids is 1. The molecule has 7 heteroatoms. The summed E-state index contributed by atoms with van der Waals surface area (Å²) in [5.74, 6) is -1.17. The van der Waals surface area contributed by atoms with Gasteiger partial charge in [0.05, 0.1) is 6.61 Å². The molecule has 0 saturated carbocycles. The fraction of sp³-hybridized carbons (Fsp3) is 0.846. The summed E-state index contributed by atoms with van der Waals surface area (Å²) in [5, 5.41) is 11.3. The monoisotopic (exact) mass is 289 g/mol. The van der Waals surface area contributed by atoms with Gasteiger partial charge in [-0.3, -0.25) is 0 Å². The number of ether oxygens (including phenoxy) is 3. The van der Waals surface area contributed by atoms with Crippen molar-refractivity contribution < 1.29 is 28.9 Å². The summed E-state index contributed by atoms with van der Waals surface area (Å²) < 4.78 is 15.7. The van der Waals surface area contributed by atoms with E-state index >= 15 is 0 Å². The molecular formula is C13H23NO6. The molecule has 0 aliphatic carbocycles. The van der Waals surface area contributed by atoms with E-state index in [1.807, 2.05) is 0 Å². The second-order valence-corrected chi connectivity index (χ2v) is 5.67. The van der Waals surface area contributed by atoms with Crippen molar-refractivity contribution in [3.8, 4) is 0 Å². The molecule has 0 aromatic rings. The van der Waals surface area contributed by atoms with E-state index in [1.165, 1.54) is 0 Å². The van der Waals surface area contributed by atoms with Gasteiger partial charge in [-0.1, -0.05) is 0 Å². The summed E-state index contributed by atoms with van der Waals surface area (Å²) in [5.41, 5.74) is -0.680. The molecule has 0 radical (unpaired) electrons. The van der Waals surface area contributed by atoms with Gasteiger partial charge in [-0.05, 0) is 40.0 Å². The van der Waals surface area contributed by atoms with Crippen molar-refractivity contribution in [1.29, 1.82) is 0 Å². The number of carbonyl (C=O) groups excluding carboxylic acids is 1. The molecule has 0 aromatic heterocycles. The highest BCUT2D eigenvalue weighted by Crippen LogP contribution is 2.14. The molecule has 2 N–H and O–H groups in total. The lowest BCUT2D eigenvalue weighted by atomic mass is 10.2. The Morgan fingerprint density at radius 1 is 1.40 bits per heavy atom. The van der Waals surface area contributed by atoms with E-state index in [1.54, 1.807) is 20.8 Å². The number of alkyl carbamates (subject to hydrolysis) is 1. The van der Waals surface area contributed by atoms with Crippen molar-refractivity contribution in [3.05, 3.63) is 0 Å². The van der Waals surface area contributed by atoms with Gasteiger partial charge < -0.3 is 24.6 Å². The van der Waals surface area contributed by atoms with E-state index in [-0.39, 0.29) is 6.61 Å². The summed E-state index contributed by atoms with van der Waals surface area (Å²) in [6, 6.07) is -1.16. The number of nitrogens with one attached hydrogen (secondary N) is 1. The minimum absolute atomic E-state index is 0.154. The van der Waals surface area contributed by atoms with Crippen molar-refractivity contribution >= 4 is 12.1 Å². The Kier molecular flexibility index (Phi) is 6.22. The molecule has 1 aliphatic heterocycles. The van der Waals surface area contributed by atoms with Crippen molar-refractivity contribution in [2.24, 2.45) is 0 Å². The zero-order valence-electron chi connectivity index (χ0n) is 12.2. The largest absolute Gasteiger partial charge is 0.480 e. The molecule has 0 aromatic carbocycles. The van der Waals surface area contributed by atoms with Crippen molar-refractivity contribution in [3.63, 3.8) is 0 Å². The van der Waals surface area contributed by atoms with Gasteiger partial charge in [0.25, 0.3) is 0 Å². The predicted molar refractivity (Wildman–Crippen MR) is 70.3 cm³/mol. The van der Waals surface area contributed by atoms with Gasteiger partial charge in [0.1, 0.15) is 5.60 Å². The van der Waals surface area contributed by atoms with Gasteiger partial charge >= 0.3 is 12.1 Å². The van der Waals surface area contributed by atoms with Crippen LogP contribution in [0.5, 0.6) is 0 Å². The highest BCUT2D eigenvalue weighted by Gasteiger charge is 2.26. The summed E-state index contributed by atoms with van der Waals surface area (Å²) in [6.07, 6.45) is 1.53. The maximum atomic E-state index is 11.5. The van der Waals surface area contributed by atoms with E-state index in [0.29, 0.717) is 6.61 Å². The molecule has 0 spiro atoms. The van der Waals surface area contributed by atoms with Gasteiger partial charge in [0, 0.05) is 6.61 Å². The number of carboxylic acid groups (broad SMARTS) is 1. The van der Waals surface area contributed by atoms with Gasteiger partial charge in [-0.25, -0.2) is 9.59 Å². The van der Waals surface area contributed by atoms with Crippen LogP contribution in [0, 0.1) is 0 Å². The molecule has 7 nitrogen and oxygen atoms in total. The highest BCUT2D eigenvalue weighted by atomic mass is 16.7. The van der Waals surface area contributed by atoms with Crippen molar-refractivity contribution in [1.82, 2.24) is 5.32 Å². The highest BCUT2D eigenvalue weighted by molar-refractivity contribution is 5.80. The van der Waals surface area contributed by atoms with E-state index in [4.69, 9.17) is 19.3 Å². The van der Waals surface area contributed by atoms with E-state index in [9.17, 15) is 9.59 Å². The first-order valence-corrected chi connectivity index (χ1v) is 6.73. The Labute approximate surface area is 118 Å². The zero-order chi connectivity index (χ0) is 15.2. The molecule has 1 saturated heterocycles. The lowest BCUT2D eigenvalue weighted by molar-refractivity contribution is -0.171. The Morgan fingerprint density at radius 3 is 2.60 bits per heavy atom. The summed E-state index contributed by atoms with van der Waals surface area (Å²) in [4.78, 5) is 22.6. The molecule has 2 atom stereocenters. The molecule has 20 heavy (non-hydrogen) atoms. The second kappa shape index (κ2) is 7.44. The van der Waals surface area contributed by atoms with Gasteiger partial charge in [-0.2, -0.15) is 0 Å². The van der Waals surface area contributed by atoms with Gasteiger partial charge in [0.15, 0.2) is 12.3 Å². The van der Waals surface area contributed by atoms with E-state index in [2.05, 4.69) is 5.32 Å². The molecule has 1 aliphatic rings. The fourth-order valence-corrected chi connectivity index (χ4v) is 1.67. The zero-order valence-corrected chi connectivity index (χ0v) is 12.2. The Hall–Kier alpha value is -1.34. The lowest BCUT2D eigenvalue weighted by Gasteiger charge is -2.25. The maximum absolute atomic E-state index is 11.5. The van der Waals surface area contributed by atoms with Crippen LogP contribution in [0.3, 0.4) is 0 Å². The third-order valence-corrected chi connectivity index (χ3v) is 2.58. The van der Waals surface area contributed by atoms with Crippen molar-refractivity contribution in [2.45, 2.75) is 58.0 Å². The average Bonchev–Trinajstić information content (AvgIpc) is 2.33. The van der Waals surface area contributed by atoms with E-state index < -0.39 is 30.0 Å². The summed E-state index contributed by atoms with van der Waals surface area (Å²) in [7, 11) is 0. The van der Waals surface area contributed by atoms with Crippen LogP contribution >= 0.6 is 0 Å². The Morgan fingerprint density at radius 2 is 2.10 bits per heavy atom. The summed E-state index contributed by atoms with van der Waals surface area (Å²) in [6.45, 7) is 5.57. The minimum atomic E-state index is -1.17. The van der Waals surface area contributed by atoms with Crippen LogP contribution in [0.4, 0.5) is 4.79 Å². The fourth-order valence-electron chi connectivity index (χ4n) is 1.67. The number of amides is 1. The lowest BCUT2D eigenvalue weighted by Crippen LogP contribution is -2.46. The second-order valence-electron chi connectivity index (χ2n) is 5.67. The maximum Gasteiger partial charge on any atom is 0.408 e. The number of carbonyl (C=O) groups is 2. The molecule has 1 fully saturated rings. The molecule has 1 heterocycles. The molecule has 116 valence electrons. The Bertz CT molecular complexity index is 332. The van der Waals surface area contributed by atoms with Crippen LogP contribution in [-0.4, -0.2) is 48.3 Å². The number of rotatable bonds is 5. The minimum Gasteiger partial charge on any atom is -0.480 e. The van der Waals surface area contributed by atoms with Crippen LogP contribution in [0.25, 0.3) is 0 Å². The quantitative estimate of drug-likeness (QED) is 0.796. The topological polar surface area (TPSA) is 94.1 Å². The van der Waals surface area contributed by atoms with Crippen molar-refractivity contribution in [2.75, 3.05) is 13.2 Å². The normalized spacial score (nSPS) is 21.1. The third-order valence-electron chi connectivity index (χ3n) is 2.58. The molecule has 1 unspecified atom stereocenters. The van der Waals surface area contributed by atoms with Crippen LogP contribution < -0.4 is 5.32 Å². The van der Waals surface area contributed by atoms with Crippen LogP contribution in [0.15, 0.2) is 0 Å². The molecular weight excluding hydrogens is 266 g/mol. The Balaban J connectivity index is 2.39. The first kappa shape index (κ1) is 16.7.